The van der Waals surface area contributed by atoms with Gasteiger partial charge in [0, 0.05) is 17.3 Å². The number of fused-ring (bicyclic) bond motifs is 1. The summed E-state index contributed by atoms with van der Waals surface area (Å²) in [5.41, 5.74) is 1.49. The first-order valence-corrected chi connectivity index (χ1v) is 7.77. The van der Waals surface area contributed by atoms with Crippen LogP contribution in [-0.2, 0) is 0 Å². The van der Waals surface area contributed by atoms with Crippen LogP contribution in [0.3, 0.4) is 0 Å². The molecule has 0 saturated heterocycles. The van der Waals surface area contributed by atoms with Crippen LogP contribution in [-0.4, -0.2) is 15.3 Å². The van der Waals surface area contributed by atoms with Crippen LogP contribution in [0.2, 0.25) is 0 Å². The molecule has 2 heterocycles. The maximum absolute atomic E-state index is 12.4. The molecule has 22 heavy (non-hydrogen) atoms. The van der Waals surface area contributed by atoms with Crippen molar-refractivity contribution in [1.29, 1.82) is 0 Å². The number of carbonyl (C=O) groups excluding carboxylic acids is 1. The number of aromatic nitrogens is 2. The highest BCUT2D eigenvalue weighted by Crippen LogP contribution is 2.13. The Labute approximate surface area is 131 Å². The van der Waals surface area contributed by atoms with Crippen molar-refractivity contribution in [3.63, 3.8) is 0 Å². The molecule has 0 saturated carbocycles. The van der Waals surface area contributed by atoms with Gasteiger partial charge in [-0.2, -0.15) is 0 Å². The second-order valence-corrected chi connectivity index (χ2v) is 5.91. The average Bonchev–Trinajstić information content (AvgIpc) is 2.90. The fraction of sp³-hybridized carbons (Fsp3) is 0.188. The Kier molecular flexibility index (Phi) is 3.77. The highest BCUT2D eigenvalue weighted by molar-refractivity contribution is 7.15. The maximum Gasteiger partial charge on any atom is 0.271 e. The van der Waals surface area contributed by atoms with Crippen LogP contribution in [0, 0.1) is 6.92 Å². The van der Waals surface area contributed by atoms with Crippen LogP contribution >= 0.6 is 11.3 Å². The molecule has 0 spiro atoms. The third-order valence-corrected chi connectivity index (χ3v) is 4.47. The molecule has 3 rings (SSSR count). The van der Waals surface area contributed by atoms with Gasteiger partial charge in [0.2, 0.25) is 0 Å². The van der Waals surface area contributed by atoms with Gasteiger partial charge < -0.3 is 5.32 Å². The fourth-order valence-corrected chi connectivity index (χ4v) is 3.11. The summed E-state index contributed by atoms with van der Waals surface area (Å²) in [6.45, 7) is 3.70. The van der Waals surface area contributed by atoms with Gasteiger partial charge in [-0.05, 0) is 19.4 Å². The molecule has 112 valence electrons. The van der Waals surface area contributed by atoms with Crippen molar-refractivity contribution in [2.24, 2.45) is 0 Å². The summed E-state index contributed by atoms with van der Waals surface area (Å²) in [4.78, 5) is 29.6. The van der Waals surface area contributed by atoms with E-state index in [1.165, 1.54) is 21.9 Å². The topological polar surface area (TPSA) is 63.5 Å². The van der Waals surface area contributed by atoms with Crippen molar-refractivity contribution in [3.05, 3.63) is 69.1 Å². The van der Waals surface area contributed by atoms with E-state index in [9.17, 15) is 9.59 Å². The van der Waals surface area contributed by atoms with Crippen LogP contribution in [0.15, 0.2) is 46.7 Å². The number of benzene rings is 1. The predicted molar refractivity (Wildman–Crippen MR) is 86.4 cm³/mol. The van der Waals surface area contributed by atoms with Crippen molar-refractivity contribution in [2.75, 3.05) is 0 Å². The molecular formula is C16H15N3O2S. The molecule has 0 aliphatic rings. The van der Waals surface area contributed by atoms with Gasteiger partial charge in [0.05, 0.1) is 6.04 Å². The van der Waals surface area contributed by atoms with E-state index in [1.54, 1.807) is 0 Å². The average molecular weight is 313 g/mol. The van der Waals surface area contributed by atoms with Crippen molar-refractivity contribution < 1.29 is 4.79 Å². The summed E-state index contributed by atoms with van der Waals surface area (Å²) in [6, 6.07) is 9.42. The first-order valence-electron chi connectivity index (χ1n) is 6.89. The summed E-state index contributed by atoms with van der Waals surface area (Å²) < 4.78 is 1.47. The number of nitrogens with zero attached hydrogens (tertiary/aromatic N) is 2. The minimum atomic E-state index is -0.408. The first-order chi connectivity index (χ1) is 10.6. The SMILES string of the molecule is Cc1csc2ncc(C(=O)N[C@@H](C)c3ccccc3)c(=O)n12. The standard InChI is InChI=1S/C16H15N3O2S/c1-10-9-22-16-17-8-13(15(21)19(10)16)14(20)18-11(2)12-6-4-3-5-7-12/h3-9,11H,1-2H3,(H,18,20)/t11-/m0/s1. The Balaban J connectivity index is 1.91. The third kappa shape index (κ3) is 2.53. The lowest BCUT2D eigenvalue weighted by Gasteiger charge is -2.13. The molecule has 2 aromatic heterocycles. The summed E-state index contributed by atoms with van der Waals surface area (Å²) in [5.74, 6) is -0.408. The maximum atomic E-state index is 12.4. The molecule has 5 nitrogen and oxygen atoms in total. The number of nitrogens with one attached hydrogen (secondary N) is 1. The van der Waals surface area contributed by atoms with E-state index in [0.717, 1.165) is 11.3 Å². The first kappa shape index (κ1) is 14.5. The Bertz CT molecular complexity index is 883. The van der Waals surface area contributed by atoms with Gasteiger partial charge in [-0.3, -0.25) is 14.0 Å². The highest BCUT2D eigenvalue weighted by Gasteiger charge is 2.17. The molecular weight excluding hydrogens is 298 g/mol. The zero-order valence-corrected chi connectivity index (χ0v) is 13.1. The van der Waals surface area contributed by atoms with Gasteiger partial charge in [0.15, 0.2) is 4.96 Å². The smallest absolute Gasteiger partial charge is 0.271 e. The van der Waals surface area contributed by atoms with E-state index in [4.69, 9.17) is 0 Å². The Hall–Kier alpha value is -2.47. The van der Waals surface area contributed by atoms with E-state index < -0.39 is 5.91 Å². The minimum absolute atomic E-state index is 0.0572. The van der Waals surface area contributed by atoms with Crippen molar-refractivity contribution >= 4 is 22.2 Å². The molecule has 0 unspecified atom stereocenters. The van der Waals surface area contributed by atoms with E-state index >= 15 is 0 Å². The van der Waals surface area contributed by atoms with Crippen LogP contribution < -0.4 is 10.9 Å². The molecule has 0 aliphatic carbocycles. The van der Waals surface area contributed by atoms with Crippen LogP contribution in [0.5, 0.6) is 0 Å². The van der Waals surface area contributed by atoms with E-state index in [-0.39, 0.29) is 17.2 Å². The van der Waals surface area contributed by atoms with Crippen molar-refractivity contribution in [2.45, 2.75) is 19.9 Å². The van der Waals surface area contributed by atoms with Crippen LogP contribution in [0.25, 0.3) is 4.96 Å². The molecule has 1 atom stereocenters. The summed E-state index contributed by atoms with van der Waals surface area (Å²) in [5, 5.41) is 4.69. The molecule has 0 fully saturated rings. The second kappa shape index (κ2) is 5.73. The Morgan fingerprint density at radius 2 is 2.05 bits per heavy atom. The summed E-state index contributed by atoms with van der Waals surface area (Å²) >= 11 is 1.38. The van der Waals surface area contributed by atoms with Gasteiger partial charge in [0.25, 0.3) is 11.5 Å². The number of carbonyl (C=O) groups is 1. The molecule has 1 N–H and O–H groups in total. The highest BCUT2D eigenvalue weighted by atomic mass is 32.1. The Morgan fingerprint density at radius 3 is 2.77 bits per heavy atom. The molecule has 1 aromatic carbocycles. The Morgan fingerprint density at radius 1 is 1.32 bits per heavy atom. The van der Waals surface area contributed by atoms with Gasteiger partial charge in [-0.1, -0.05) is 30.3 Å². The predicted octanol–water partition coefficient (Wildman–Crippen LogP) is 2.56. The number of amides is 1. The monoisotopic (exact) mass is 313 g/mol. The van der Waals surface area contributed by atoms with Gasteiger partial charge in [-0.15, -0.1) is 11.3 Å². The zero-order chi connectivity index (χ0) is 15.7. The van der Waals surface area contributed by atoms with Crippen LogP contribution in [0.1, 0.15) is 34.6 Å². The lowest BCUT2D eigenvalue weighted by Crippen LogP contribution is -2.33. The zero-order valence-electron chi connectivity index (χ0n) is 12.2. The summed E-state index contributed by atoms with van der Waals surface area (Å²) in [7, 11) is 0. The molecule has 1 amide bonds. The fourth-order valence-electron chi connectivity index (χ4n) is 2.28. The van der Waals surface area contributed by atoms with Crippen molar-refractivity contribution in [1.82, 2.24) is 14.7 Å². The minimum Gasteiger partial charge on any atom is -0.345 e. The molecule has 0 bridgehead atoms. The van der Waals surface area contributed by atoms with Gasteiger partial charge in [-0.25, -0.2) is 4.98 Å². The molecule has 0 aliphatic heterocycles. The third-order valence-electron chi connectivity index (χ3n) is 3.51. The van der Waals surface area contributed by atoms with E-state index in [0.29, 0.717) is 4.96 Å². The second-order valence-electron chi connectivity index (χ2n) is 5.08. The molecule has 3 aromatic rings. The van der Waals surface area contributed by atoms with E-state index in [2.05, 4.69) is 10.3 Å². The van der Waals surface area contributed by atoms with E-state index in [1.807, 2.05) is 49.6 Å². The largest absolute Gasteiger partial charge is 0.345 e. The van der Waals surface area contributed by atoms with Gasteiger partial charge >= 0.3 is 0 Å². The number of rotatable bonds is 3. The summed E-state index contributed by atoms with van der Waals surface area (Å²) in [6.07, 6.45) is 1.35. The lowest BCUT2D eigenvalue weighted by atomic mass is 10.1. The number of hydrogen-bond donors (Lipinski definition) is 1. The van der Waals surface area contributed by atoms with Gasteiger partial charge in [0.1, 0.15) is 5.56 Å². The molecule has 6 heteroatoms. The number of thiazole rings is 1. The molecule has 0 radical (unpaired) electrons. The number of hydrogen-bond acceptors (Lipinski definition) is 4. The quantitative estimate of drug-likeness (QED) is 0.808. The van der Waals surface area contributed by atoms with Crippen molar-refractivity contribution in [3.8, 4) is 0 Å². The number of aryl methyl sites for hydroxylation is 1. The van der Waals surface area contributed by atoms with Crippen LogP contribution in [0.4, 0.5) is 0 Å². The lowest BCUT2D eigenvalue weighted by molar-refractivity contribution is 0.0938. The normalized spacial score (nSPS) is 12.3.